The van der Waals surface area contributed by atoms with Crippen molar-refractivity contribution in [3.8, 4) is 0 Å². The van der Waals surface area contributed by atoms with Crippen molar-refractivity contribution >= 4 is 34.5 Å². The molecule has 0 spiro atoms. The van der Waals surface area contributed by atoms with Crippen LogP contribution in [0.2, 0.25) is 0 Å². The first-order valence-electron chi connectivity index (χ1n) is 6.29. The minimum Gasteiger partial charge on any atom is -0.383 e. The molecule has 0 aliphatic carbocycles. The number of nitrogens with one attached hydrogen (secondary N) is 1. The molecule has 0 saturated carbocycles. The Morgan fingerprint density at radius 2 is 2.19 bits per heavy atom. The van der Waals surface area contributed by atoms with Crippen molar-refractivity contribution in [3.05, 3.63) is 22.0 Å². The van der Waals surface area contributed by atoms with E-state index in [0.717, 1.165) is 6.42 Å². The first-order chi connectivity index (χ1) is 10.0. The van der Waals surface area contributed by atoms with Crippen molar-refractivity contribution in [2.24, 2.45) is 5.84 Å². The van der Waals surface area contributed by atoms with Crippen LogP contribution in [-0.4, -0.2) is 26.7 Å². The highest BCUT2D eigenvalue weighted by Crippen LogP contribution is 2.19. The minimum atomic E-state index is -0.667. The number of hydrazine groups is 1. The highest BCUT2D eigenvalue weighted by Gasteiger charge is 2.18. The molecule has 2 rings (SSSR count). The van der Waals surface area contributed by atoms with E-state index in [1.807, 2.05) is 18.6 Å². The van der Waals surface area contributed by atoms with Gasteiger partial charge in [0.2, 0.25) is 5.43 Å². The Morgan fingerprint density at radius 3 is 2.76 bits per heavy atom. The molecule has 0 fully saturated rings. The summed E-state index contributed by atoms with van der Waals surface area (Å²) in [5.74, 6) is 4.51. The number of fused-ring (bicyclic) bond motifs is 1. The van der Waals surface area contributed by atoms with Crippen LogP contribution in [0.4, 0.5) is 5.82 Å². The van der Waals surface area contributed by atoms with Crippen LogP contribution in [0.25, 0.3) is 11.0 Å². The Balaban J connectivity index is 2.89. The lowest BCUT2D eigenvalue weighted by Gasteiger charge is -2.12. The molecule has 1 amide bonds. The maximum atomic E-state index is 12.4. The van der Waals surface area contributed by atoms with Gasteiger partial charge in [0.15, 0.2) is 10.8 Å². The number of thioether (sulfide) groups is 1. The van der Waals surface area contributed by atoms with Gasteiger partial charge in [-0.15, -0.1) is 0 Å². The van der Waals surface area contributed by atoms with Gasteiger partial charge in [0, 0.05) is 12.7 Å². The highest BCUT2D eigenvalue weighted by atomic mass is 32.2. The van der Waals surface area contributed by atoms with Crippen LogP contribution in [0, 0.1) is 0 Å². The summed E-state index contributed by atoms with van der Waals surface area (Å²) >= 11 is 1.33. The normalized spacial score (nSPS) is 10.8. The SMILES string of the molecule is CCCn1cc(C(=O)NN)c(=O)c2c(N)nc(SC)nc21. The van der Waals surface area contributed by atoms with Gasteiger partial charge in [-0.05, 0) is 12.7 Å². The quantitative estimate of drug-likeness (QED) is 0.240. The van der Waals surface area contributed by atoms with E-state index in [-0.39, 0.29) is 16.8 Å². The lowest BCUT2D eigenvalue weighted by molar-refractivity contribution is 0.0952. The Labute approximate surface area is 124 Å². The topological polar surface area (TPSA) is 129 Å². The largest absolute Gasteiger partial charge is 0.383 e. The summed E-state index contributed by atoms with van der Waals surface area (Å²) in [6.45, 7) is 2.57. The van der Waals surface area contributed by atoms with E-state index in [0.29, 0.717) is 17.3 Å². The molecule has 5 N–H and O–H groups in total. The molecule has 2 aromatic heterocycles. The molecule has 0 radical (unpaired) electrons. The number of nitrogens with zero attached hydrogens (tertiary/aromatic N) is 3. The summed E-state index contributed by atoms with van der Waals surface area (Å²) in [6, 6.07) is 0. The molecule has 8 nitrogen and oxygen atoms in total. The Kier molecular flexibility index (Phi) is 4.43. The zero-order valence-electron chi connectivity index (χ0n) is 11.7. The van der Waals surface area contributed by atoms with Crippen molar-refractivity contribution in [2.45, 2.75) is 25.0 Å². The van der Waals surface area contributed by atoms with Crippen LogP contribution >= 0.6 is 11.8 Å². The number of hydrogen-bond acceptors (Lipinski definition) is 7. The van der Waals surface area contributed by atoms with Gasteiger partial charge in [0.1, 0.15) is 16.8 Å². The fraction of sp³-hybridized carbons (Fsp3) is 0.333. The van der Waals surface area contributed by atoms with Crippen molar-refractivity contribution in [1.82, 2.24) is 20.0 Å². The first kappa shape index (κ1) is 15.3. The molecular weight excluding hydrogens is 292 g/mol. The predicted molar refractivity (Wildman–Crippen MR) is 81.9 cm³/mol. The molecule has 9 heteroatoms. The molecular formula is C12H16N6O2S. The number of aromatic nitrogens is 3. The average molecular weight is 308 g/mol. The predicted octanol–water partition coefficient (Wildman–Crippen LogP) is 0.109. The molecule has 2 aromatic rings. The minimum absolute atomic E-state index is 0.0610. The van der Waals surface area contributed by atoms with E-state index < -0.39 is 11.3 Å². The second kappa shape index (κ2) is 6.10. The number of aryl methyl sites for hydroxylation is 1. The van der Waals surface area contributed by atoms with Crippen LogP contribution in [0.15, 0.2) is 16.1 Å². The van der Waals surface area contributed by atoms with Gasteiger partial charge in [-0.1, -0.05) is 18.7 Å². The van der Waals surface area contributed by atoms with E-state index in [9.17, 15) is 9.59 Å². The molecule has 0 bridgehead atoms. The molecule has 0 aromatic carbocycles. The van der Waals surface area contributed by atoms with E-state index in [1.54, 1.807) is 4.57 Å². The average Bonchev–Trinajstić information content (AvgIpc) is 2.48. The van der Waals surface area contributed by atoms with Gasteiger partial charge in [-0.25, -0.2) is 15.8 Å². The van der Waals surface area contributed by atoms with Gasteiger partial charge in [0.05, 0.1) is 0 Å². The van der Waals surface area contributed by atoms with Gasteiger partial charge in [0.25, 0.3) is 5.91 Å². The first-order valence-corrected chi connectivity index (χ1v) is 7.51. The van der Waals surface area contributed by atoms with Gasteiger partial charge in [-0.2, -0.15) is 0 Å². The monoisotopic (exact) mass is 308 g/mol. The highest BCUT2D eigenvalue weighted by molar-refractivity contribution is 7.98. The third-order valence-corrected chi connectivity index (χ3v) is 3.50. The molecule has 0 atom stereocenters. The van der Waals surface area contributed by atoms with Crippen molar-refractivity contribution < 1.29 is 4.79 Å². The van der Waals surface area contributed by atoms with Crippen LogP contribution in [-0.2, 0) is 6.54 Å². The number of amides is 1. The van der Waals surface area contributed by atoms with Crippen LogP contribution in [0.3, 0.4) is 0 Å². The van der Waals surface area contributed by atoms with E-state index in [2.05, 4.69) is 9.97 Å². The Bertz CT molecular complexity index is 757. The van der Waals surface area contributed by atoms with E-state index in [1.165, 1.54) is 18.0 Å². The number of rotatable bonds is 4. The molecule has 2 heterocycles. The molecule has 0 unspecified atom stereocenters. The smallest absolute Gasteiger partial charge is 0.270 e. The number of carbonyl (C=O) groups is 1. The zero-order valence-corrected chi connectivity index (χ0v) is 12.5. The Hall–Kier alpha value is -2.13. The maximum Gasteiger partial charge on any atom is 0.270 e. The van der Waals surface area contributed by atoms with Gasteiger partial charge >= 0.3 is 0 Å². The maximum absolute atomic E-state index is 12.4. The van der Waals surface area contributed by atoms with E-state index >= 15 is 0 Å². The van der Waals surface area contributed by atoms with E-state index in [4.69, 9.17) is 11.6 Å². The summed E-state index contributed by atoms with van der Waals surface area (Å²) in [5.41, 5.74) is 7.65. The van der Waals surface area contributed by atoms with Crippen LogP contribution in [0.5, 0.6) is 0 Å². The second-order valence-corrected chi connectivity index (χ2v) is 5.11. The number of anilines is 1. The summed E-state index contributed by atoms with van der Waals surface area (Å²) in [6.07, 6.45) is 4.08. The molecule has 112 valence electrons. The lowest BCUT2D eigenvalue weighted by Crippen LogP contribution is -2.35. The third kappa shape index (κ3) is 2.69. The fourth-order valence-electron chi connectivity index (χ4n) is 2.02. The third-order valence-electron chi connectivity index (χ3n) is 2.95. The summed E-state index contributed by atoms with van der Waals surface area (Å²) in [4.78, 5) is 32.5. The zero-order chi connectivity index (χ0) is 15.6. The lowest BCUT2D eigenvalue weighted by atomic mass is 10.2. The summed E-state index contributed by atoms with van der Waals surface area (Å²) in [5, 5.41) is 0.614. The van der Waals surface area contributed by atoms with Crippen molar-refractivity contribution in [2.75, 3.05) is 12.0 Å². The molecule has 0 aliphatic heterocycles. The molecule has 0 saturated heterocycles. The Morgan fingerprint density at radius 1 is 1.48 bits per heavy atom. The van der Waals surface area contributed by atoms with Crippen LogP contribution in [0.1, 0.15) is 23.7 Å². The number of pyridine rings is 1. The molecule has 0 aliphatic rings. The standard InChI is InChI=1S/C12H16N6O2S/c1-3-4-18-5-6(11(20)17-14)8(19)7-9(13)15-12(21-2)16-10(7)18/h5H,3-4,14H2,1-2H3,(H,17,20)(H2,13,15,16). The van der Waals surface area contributed by atoms with Gasteiger partial charge in [-0.3, -0.25) is 15.0 Å². The van der Waals surface area contributed by atoms with Gasteiger partial charge < -0.3 is 10.3 Å². The van der Waals surface area contributed by atoms with Crippen molar-refractivity contribution in [1.29, 1.82) is 0 Å². The number of nitrogen functional groups attached to an aromatic ring is 2. The second-order valence-electron chi connectivity index (χ2n) is 4.33. The number of carbonyl (C=O) groups excluding carboxylic acids is 1. The summed E-state index contributed by atoms with van der Waals surface area (Å²) in [7, 11) is 0. The number of nitrogens with two attached hydrogens (primary N) is 2. The van der Waals surface area contributed by atoms with Crippen molar-refractivity contribution in [3.63, 3.8) is 0 Å². The summed E-state index contributed by atoms with van der Waals surface area (Å²) < 4.78 is 1.72. The fourth-order valence-corrected chi connectivity index (χ4v) is 2.39. The number of hydrogen-bond donors (Lipinski definition) is 3. The van der Waals surface area contributed by atoms with Crippen LogP contribution < -0.4 is 22.4 Å². The molecule has 21 heavy (non-hydrogen) atoms.